The molecule has 1 N–H and O–H groups in total. The third-order valence-electron chi connectivity index (χ3n) is 3.47. The normalized spacial score (nSPS) is 20.3. The van der Waals surface area contributed by atoms with Gasteiger partial charge in [0, 0.05) is 23.6 Å². The summed E-state index contributed by atoms with van der Waals surface area (Å²) in [5.41, 5.74) is -0.264. The molecule has 0 unspecified atom stereocenters. The van der Waals surface area contributed by atoms with Crippen molar-refractivity contribution in [1.29, 1.82) is 0 Å². The van der Waals surface area contributed by atoms with E-state index < -0.39 is 11.0 Å². The lowest BCUT2D eigenvalue weighted by Crippen LogP contribution is -2.43. The van der Waals surface area contributed by atoms with E-state index in [1.807, 2.05) is 20.8 Å². The summed E-state index contributed by atoms with van der Waals surface area (Å²) < 4.78 is 10.9. The Hall–Kier alpha value is -2.31. The Morgan fingerprint density at radius 1 is 1.30 bits per heavy atom. The summed E-state index contributed by atoms with van der Waals surface area (Å²) in [6.45, 7) is 6.06. The molecular formula is C16H22N2O5. The van der Waals surface area contributed by atoms with E-state index in [2.05, 4.69) is 5.32 Å². The van der Waals surface area contributed by atoms with Crippen LogP contribution < -0.4 is 10.1 Å². The number of amides is 1. The van der Waals surface area contributed by atoms with Gasteiger partial charge < -0.3 is 14.8 Å². The molecule has 1 aromatic carbocycles. The Kier molecular flexibility index (Phi) is 5.08. The van der Waals surface area contributed by atoms with Crippen LogP contribution in [0.15, 0.2) is 24.3 Å². The third-order valence-corrected chi connectivity index (χ3v) is 3.47. The number of hydrogen-bond donors (Lipinski definition) is 1. The standard InChI is InChI=1S/C16H22N2O5/c1-16(2,3)17-15(19)22-10-11-8-14(9-11)23-13-6-4-12(5-7-13)18(20)21/h4-7,11,14H,8-10H2,1-3H3,(H,17,19). The second-order valence-corrected chi connectivity index (χ2v) is 6.80. The van der Waals surface area contributed by atoms with Crippen LogP contribution in [0.2, 0.25) is 0 Å². The summed E-state index contributed by atoms with van der Waals surface area (Å²) in [7, 11) is 0. The molecule has 0 aromatic heterocycles. The molecule has 1 aliphatic carbocycles. The van der Waals surface area contributed by atoms with Crippen molar-refractivity contribution in [3.05, 3.63) is 34.4 Å². The lowest BCUT2D eigenvalue weighted by Gasteiger charge is -2.35. The van der Waals surface area contributed by atoms with Gasteiger partial charge >= 0.3 is 6.09 Å². The SMILES string of the molecule is CC(C)(C)NC(=O)OCC1CC(Oc2ccc([N+](=O)[O-])cc2)C1. The average Bonchev–Trinajstić information content (AvgIpc) is 2.39. The van der Waals surface area contributed by atoms with Crippen molar-refractivity contribution in [2.24, 2.45) is 5.92 Å². The molecule has 2 rings (SSSR count). The summed E-state index contributed by atoms with van der Waals surface area (Å²) in [6, 6.07) is 6.04. The van der Waals surface area contributed by atoms with Gasteiger partial charge in [-0.2, -0.15) is 0 Å². The van der Waals surface area contributed by atoms with Gasteiger partial charge in [0.2, 0.25) is 0 Å². The van der Waals surface area contributed by atoms with Crippen molar-refractivity contribution in [3.63, 3.8) is 0 Å². The first kappa shape index (κ1) is 17.1. The first-order valence-electron chi connectivity index (χ1n) is 7.59. The number of nitro groups is 1. The third kappa shape index (κ3) is 5.43. The molecule has 1 amide bonds. The van der Waals surface area contributed by atoms with Crippen LogP contribution in [-0.4, -0.2) is 29.3 Å². The van der Waals surface area contributed by atoms with E-state index in [-0.39, 0.29) is 17.3 Å². The zero-order valence-corrected chi connectivity index (χ0v) is 13.6. The second-order valence-electron chi connectivity index (χ2n) is 6.80. The maximum atomic E-state index is 11.5. The number of carbonyl (C=O) groups is 1. The average molecular weight is 322 g/mol. The molecular weight excluding hydrogens is 300 g/mol. The second kappa shape index (κ2) is 6.85. The molecule has 7 heteroatoms. The van der Waals surface area contributed by atoms with E-state index in [1.165, 1.54) is 12.1 Å². The Morgan fingerprint density at radius 2 is 1.91 bits per heavy atom. The number of hydrogen-bond acceptors (Lipinski definition) is 5. The number of rotatable bonds is 5. The van der Waals surface area contributed by atoms with Crippen LogP contribution >= 0.6 is 0 Å². The monoisotopic (exact) mass is 322 g/mol. The number of nitrogens with zero attached hydrogens (tertiary/aromatic N) is 1. The van der Waals surface area contributed by atoms with Gasteiger partial charge in [-0.15, -0.1) is 0 Å². The quantitative estimate of drug-likeness (QED) is 0.663. The van der Waals surface area contributed by atoms with Crippen LogP contribution in [-0.2, 0) is 4.74 Å². The van der Waals surface area contributed by atoms with E-state index in [9.17, 15) is 14.9 Å². The van der Waals surface area contributed by atoms with Crippen molar-refractivity contribution in [2.75, 3.05) is 6.61 Å². The molecule has 0 aliphatic heterocycles. The summed E-state index contributed by atoms with van der Waals surface area (Å²) in [5, 5.41) is 13.3. The molecule has 23 heavy (non-hydrogen) atoms. The Morgan fingerprint density at radius 3 is 2.43 bits per heavy atom. The minimum absolute atomic E-state index is 0.0436. The lowest BCUT2D eigenvalue weighted by molar-refractivity contribution is -0.384. The maximum Gasteiger partial charge on any atom is 0.407 e. The van der Waals surface area contributed by atoms with Gasteiger partial charge in [-0.05, 0) is 45.7 Å². The van der Waals surface area contributed by atoms with E-state index in [0.29, 0.717) is 18.3 Å². The topological polar surface area (TPSA) is 90.7 Å². The molecule has 7 nitrogen and oxygen atoms in total. The Labute approximate surface area is 135 Å². The molecule has 126 valence electrons. The van der Waals surface area contributed by atoms with Crippen molar-refractivity contribution in [3.8, 4) is 5.75 Å². The highest BCUT2D eigenvalue weighted by atomic mass is 16.6. The number of nitrogens with one attached hydrogen (secondary N) is 1. The minimum atomic E-state index is -0.441. The van der Waals surface area contributed by atoms with Crippen molar-refractivity contribution in [2.45, 2.75) is 45.3 Å². The van der Waals surface area contributed by atoms with Gasteiger partial charge in [-0.25, -0.2) is 4.79 Å². The molecule has 1 aromatic rings. The maximum absolute atomic E-state index is 11.5. The van der Waals surface area contributed by atoms with Gasteiger partial charge in [0.1, 0.15) is 5.75 Å². The Bertz CT molecular complexity index is 559. The predicted molar refractivity (Wildman–Crippen MR) is 84.5 cm³/mol. The van der Waals surface area contributed by atoms with Crippen molar-refractivity contribution in [1.82, 2.24) is 5.32 Å². The van der Waals surface area contributed by atoms with Gasteiger partial charge in [0.15, 0.2) is 0 Å². The molecule has 0 heterocycles. The smallest absolute Gasteiger partial charge is 0.407 e. The van der Waals surface area contributed by atoms with E-state index in [4.69, 9.17) is 9.47 Å². The van der Waals surface area contributed by atoms with E-state index >= 15 is 0 Å². The lowest BCUT2D eigenvalue weighted by atomic mass is 9.83. The van der Waals surface area contributed by atoms with Gasteiger partial charge in [-0.3, -0.25) is 10.1 Å². The fourth-order valence-electron chi connectivity index (χ4n) is 2.28. The molecule has 1 aliphatic rings. The summed E-state index contributed by atoms with van der Waals surface area (Å²) in [6.07, 6.45) is 1.27. The van der Waals surface area contributed by atoms with E-state index in [1.54, 1.807) is 12.1 Å². The number of nitro benzene ring substituents is 1. The number of alkyl carbamates (subject to hydrolysis) is 1. The van der Waals surface area contributed by atoms with E-state index in [0.717, 1.165) is 12.8 Å². The highest BCUT2D eigenvalue weighted by Gasteiger charge is 2.32. The largest absolute Gasteiger partial charge is 0.490 e. The summed E-state index contributed by atoms with van der Waals surface area (Å²) in [5.74, 6) is 0.911. The number of non-ortho nitro benzene ring substituents is 1. The van der Waals surface area contributed by atoms with Crippen LogP contribution in [0.5, 0.6) is 5.75 Å². The van der Waals surface area contributed by atoms with Crippen LogP contribution in [0, 0.1) is 16.0 Å². The molecule has 1 saturated carbocycles. The fraction of sp³-hybridized carbons (Fsp3) is 0.562. The zero-order valence-electron chi connectivity index (χ0n) is 13.6. The van der Waals surface area contributed by atoms with Gasteiger partial charge in [0.05, 0.1) is 17.6 Å². The molecule has 0 atom stereocenters. The van der Waals surface area contributed by atoms with Gasteiger partial charge in [-0.1, -0.05) is 0 Å². The molecule has 0 saturated heterocycles. The molecule has 1 fully saturated rings. The van der Waals surface area contributed by atoms with Gasteiger partial charge in [0.25, 0.3) is 5.69 Å². The van der Waals surface area contributed by atoms with Crippen molar-refractivity contribution < 1.29 is 19.2 Å². The van der Waals surface area contributed by atoms with Crippen LogP contribution in [0.4, 0.5) is 10.5 Å². The molecule has 0 bridgehead atoms. The first-order valence-corrected chi connectivity index (χ1v) is 7.59. The molecule has 0 radical (unpaired) electrons. The van der Waals surface area contributed by atoms with Crippen molar-refractivity contribution >= 4 is 11.8 Å². The predicted octanol–water partition coefficient (Wildman–Crippen LogP) is 3.28. The van der Waals surface area contributed by atoms with Crippen LogP contribution in [0.3, 0.4) is 0 Å². The summed E-state index contributed by atoms with van der Waals surface area (Å²) >= 11 is 0. The number of ether oxygens (including phenoxy) is 2. The molecule has 0 spiro atoms. The Balaban J connectivity index is 1.67. The minimum Gasteiger partial charge on any atom is -0.490 e. The fourth-order valence-corrected chi connectivity index (χ4v) is 2.28. The zero-order chi connectivity index (χ0) is 17.0. The van der Waals surface area contributed by atoms with Crippen LogP contribution in [0.1, 0.15) is 33.6 Å². The van der Waals surface area contributed by atoms with Crippen LogP contribution in [0.25, 0.3) is 0 Å². The number of carbonyl (C=O) groups excluding carboxylic acids is 1. The summed E-state index contributed by atoms with van der Waals surface area (Å²) in [4.78, 5) is 21.7. The number of benzene rings is 1. The highest BCUT2D eigenvalue weighted by Crippen LogP contribution is 2.32. The highest BCUT2D eigenvalue weighted by molar-refractivity contribution is 5.68. The first-order chi connectivity index (χ1) is 10.7.